The number of fused-ring (bicyclic) bond motifs is 3. The maximum atomic E-state index is 5.17. The second-order valence-corrected chi connectivity index (χ2v) is 13.6. The minimum absolute atomic E-state index is 0.542. The molecule has 0 bridgehead atoms. The van der Waals surface area contributed by atoms with Gasteiger partial charge in [-0.05, 0) is 90.0 Å². The predicted octanol–water partition coefficient (Wildman–Crippen LogP) is 11.7. The molecule has 0 N–H and O–H groups in total. The highest BCUT2D eigenvalue weighted by Gasteiger charge is 2.25. The maximum Gasteiger partial charge on any atom is 0.393 e. The molecule has 0 amide bonds. The average Bonchev–Trinajstić information content (AvgIpc) is 3.63. The number of hydrogen-bond donors (Lipinski definition) is 0. The molecular weight excluding hydrogens is 685 g/mol. The SMILES string of the molecule is c1ccc(-c2nc(-c3ccc(-c4ccc(N(c5ccccc5)c5ccccc5)cc4)cc3)nc(-[n+]3cccc4c5ccccc5n(-c5ccccc5)c43)n2)cc1. The van der Waals surface area contributed by atoms with Crippen LogP contribution in [-0.2, 0) is 0 Å². The van der Waals surface area contributed by atoms with Gasteiger partial charge in [0.2, 0.25) is 17.3 Å². The molecule has 3 heterocycles. The number of para-hydroxylation sites is 4. The van der Waals surface area contributed by atoms with Gasteiger partial charge in [-0.2, -0.15) is 9.55 Å². The molecule has 7 aromatic carbocycles. The van der Waals surface area contributed by atoms with Gasteiger partial charge in [0.25, 0.3) is 0 Å². The van der Waals surface area contributed by atoms with E-state index in [1.54, 1.807) is 0 Å². The summed E-state index contributed by atoms with van der Waals surface area (Å²) in [5, 5.41) is 2.27. The summed E-state index contributed by atoms with van der Waals surface area (Å²) in [5.41, 5.74) is 10.5. The molecular formula is C50H35N6+. The minimum atomic E-state index is 0.542. The lowest BCUT2D eigenvalue weighted by Gasteiger charge is -2.25. The van der Waals surface area contributed by atoms with Crippen molar-refractivity contribution in [1.82, 2.24) is 19.5 Å². The van der Waals surface area contributed by atoms with Crippen LogP contribution in [0.1, 0.15) is 0 Å². The van der Waals surface area contributed by atoms with Crippen molar-refractivity contribution in [3.63, 3.8) is 0 Å². The van der Waals surface area contributed by atoms with E-state index in [9.17, 15) is 0 Å². The van der Waals surface area contributed by atoms with E-state index in [4.69, 9.17) is 15.0 Å². The van der Waals surface area contributed by atoms with Crippen LogP contribution >= 0.6 is 0 Å². The second-order valence-electron chi connectivity index (χ2n) is 13.6. The largest absolute Gasteiger partial charge is 0.393 e. The second kappa shape index (κ2) is 14.3. The number of pyridine rings is 1. The Hall–Kier alpha value is -7.70. The molecule has 10 aromatic rings. The Balaban J connectivity index is 1.06. The number of hydrogen-bond acceptors (Lipinski definition) is 4. The Kier molecular flexibility index (Phi) is 8.39. The van der Waals surface area contributed by atoms with Gasteiger partial charge >= 0.3 is 5.95 Å². The molecule has 264 valence electrons. The standard InChI is InChI=1S/C50H35N6/c1-5-16-38(17-6-1)47-51-48(53-50(52-47)54-35-15-25-45-44-24-13-14-26-46(44)56(49(45)54)42-22-11-4-12-23-42)39-29-27-36(28-30-39)37-31-33-43(34-32-37)55(40-18-7-2-8-19-40)41-20-9-3-10-21-41/h1-35H/q+1. The van der Waals surface area contributed by atoms with Crippen molar-refractivity contribution in [2.24, 2.45) is 0 Å². The van der Waals surface area contributed by atoms with E-state index in [1.165, 1.54) is 0 Å². The normalized spacial score (nSPS) is 11.2. The molecule has 56 heavy (non-hydrogen) atoms. The maximum absolute atomic E-state index is 5.17. The number of rotatable bonds is 8. The molecule has 0 radical (unpaired) electrons. The fourth-order valence-corrected chi connectivity index (χ4v) is 7.48. The van der Waals surface area contributed by atoms with Crippen LogP contribution in [0.15, 0.2) is 212 Å². The van der Waals surface area contributed by atoms with Crippen LogP contribution in [0, 0.1) is 0 Å². The first kappa shape index (κ1) is 32.9. The van der Waals surface area contributed by atoms with Gasteiger partial charge in [-0.3, -0.25) is 0 Å². The molecule has 3 aromatic heterocycles. The molecule has 6 heteroatoms. The highest BCUT2D eigenvalue weighted by atomic mass is 15.2. The fraction of sp³-hybridized carbons (Fsp3) is 0. The van der Waals surface area contributed by atoms with E-state index in [0.29, 0.717) is 17.6 Å². The van der Waals surface area contributed by atoms with Crippen LogP contribution in [0.25, 0.3) is 67.5 Å². The summed E-state index contributed by atoms with van der Waals surface area (Å²) in [6.07, 6.45) is 2.04. The third kappa shape index (κ3) is 6.05. The Morgan fingerprint density at radius 2 is 0.839 bits per heavy atom. The van der Waals surface area contributed by atoms with Crippen LogP contribution in [0.3, 0.4) is 0 Å². The third-order valence-electron chi connectivity index (χ3n) is 10.1. The smallest absolute Gasteiger partial charge is 0.311 e. The quantitative estimate of drug-likeness (QED) is 0.147. The van der Waals surface area contributed by atoms with Gasteiger partial charge in [0.15, 0.2) is 0 Å². The molecule has 0 atom stereocenters. The zero-order valence-electron chi connectivity index (χ0n) is 30.4. The van der Waals surface area contributed by atoms with Crippen molar-refractivity contribution >= 4 is 39.0 Å². The van der Waals surface area contributed by atoms with Crippen LogP contribution in [0.4, 0.5) is 17.1 Å². The number of benzene rings is 7. The number of nitrogens with zero attached hydrogens (tertiary/aromatic N) is 6. The van der Waals surface area contributed by atoms with Crippen molar-refractivity contribution in [1.29, 1.82) is 0 Å². The summed E-state index contributed by atoms with van der Waals surface area (Å²) in [4.78, 5) is 17.6. The predicted molar refractivity (Wildman–Crippen MR) is 227 cm³/mol. The molecule has 0 saturated heterocycles. The molecule has 0 aliphatic rings. The van der Waals surface area contributed by atoms with E-state index < -0.39 is 0 Å². The van der Waals surface area contributed by atoms with Crippen LogP contribution in [-0.4, -0.2) is 19.5 Å². The number of anilines is 3. The van der Waals surface area contributed by atoms with Crippen LogP contribution in [0.5, 0.6) is 0 Å². The van der Waals surface area contributed by atoms with Gasteiger partial charge in [0, 0.05) is 33.6 Å². The summed E-state index contributed by atoms with van der Waals surface area (Å²) < 4.78 is 4.37. The van der Waals surface area contributed by atoms with Crippen LogP contribution < -0.4 is 9.47 Å². The molecule has 0 fully saturated rings. The third-order valence-corrected chi connectivity index (χ3v) is 10.1. The van der Waals surface area contributed by atoms with Crippen molar-refractivity contribution in [3.05, 3.63) is 212 Å². The van der Waals surface area contributed by atoms with E-state index in [1.807, 2.05) is 54.7 Å². The van der Waals surface area contributed by atoms with Crippen molar-refractivity contribution in [2.45, 2.75) is 0 Å². The minimum Gasteiger partial charge on any atom is -0.311 e. The molecule has 0 spiro atoms. The Morgan fingerprint density at radius 1 is 0.375 bits per heavy atom. The summed E-state index contributed by atoms with van der Waals surface area (Å²) in [5.74, 6) is 1.75. The van der Waals surface area contributed by atoms with Gasteiger partial charge in [0.1, 0.15) is 0 Å². The zero-order chi connectivity index (χ0) is 37.3. The van der Waals surface area contributed by atoms with E-state index in [0.717, 1.165) is 66.9 Å². The van der Waals surface area contributed by atoms with Gasteiger partial charge in [0.05, 0.1) is 22.8 Å². The molecule has 0 aliphatic carbocycles. The Bertz CT molecular complexity index is 2890. The molecule has 0 saturated carbocycles. The fourth-order valence-electron chi connectivity index (χ4n) is 7.48. The first-order valence-electron chi connectivity index (χ1n) is 18.7. The Labute approximate surface area is 324 Å². The van der Waals surface area contributed by atoms with Gasteiger partial charge < -0.3 is 4.90 Å². The average molecular weight is 720 g/mol. The topological polar surface area (TPSA) is 50.7 Å². The lowest BCUT2D eigenvalue weighted by molar-refractivity contribution is -0.578. The van der Waals surface area contributed by atoms with Crippen molar-refractivity contribution in [2.75, 3.05) is 4.90 Å². The van der Waals surface area contributed by atoms with Crippen molar-refractivity contribution in [3.8, 4) is 45.5 Å². The lowest BCUT2D eigenvalue weighted by atomic mass is 10.0. The first-order chi connectivity index (χ1) is 27.8. The van der Waals surface area contributed by atoms with E-state index in [2.05, 4.69) is 172 Å². The Morgan fingerprint density at radius 3 is 1.46 bits per heavy atom. The highest BCUT2D eigenvalue weighted by molar-refractivity contribution is 6.06. The number of aromatic nitrogens is 5. The summed E-state index contributed by atoms with van der Waals surface area (Å²) >= 11 is 0. The van der Waals surface area contributed by atoms with Crippen molar-refractivity contribution < 1.29 is 4.57 Å². The van der Waals surface area contributed by atoms with Gasteiger partial charge in [-0.1, -0.05) is 137 Å². The molecule has 0 unspecified atom stereocenters. The molecule has 10 rings (SSSR count). The van der Waals surface area contributed by atoms with Gasteiger partial charge in [-0.25, -0.2) is 4.57 Å². The van der Waals surface area contributed by atoms with E-state index >= 15 is 0 Å². The van der Waals surface area contributed by atoms with E-state index in [-0.39, 0.29) is 0 Å². The molecule has 0 aliphatic heterocycles. The molecule has 6 nitrogen and oxygen atoms in total. The summed E-state index contributed by atoms with van der Waals surface area (Å²) in [7, 11) is 0. The summed E-state index contributed by atoms with van der Waals surface area (Å²) in [6.45, 7) is 0. The highest BCUT2D eigenvalue weighted by Crippen LogP contribution is 2.36. The zero-order valence-corrected chi connectivity index (χ0v) is 30.4. The summed E-state index contributed by atoms with van der Waals surface area (Å²) in [6, 6.07) is 71.4. The van der Waals surface area contributed by atoms with Gasteiger partial charge in [-0.15, -0.1) is 0 Å². The first-order valence-corrected chi connectivity index (χ1v) is 18.7. The monoisotopic (exact) mass is 719 g/mol. The lowest BCUT2D eigenvalue weighted by Crippen LogP contribution is -2.36. The van der Waals surface area contributed by atoms with Crippen LogP contribution in [0.2, 0.25) is 0 Å².